The van der Waals surface area contributed by atoms with E-state index in [2.05, 4.69) is 40.7 Å². The smallest absolute Gasteiger partial charge is 0.0199 e. The Bertz CT molecular complexity index is 591. The van der Waals surface area contributed by atoms with E-state index >= 15 is 0 Å². The summed E-state index contributed by atoms with van der Waals surface area (Å²) < 4.78 is 0. The first-order chi connectivity index (χ1) is 13.3. The highest BCUT2D eigenvalue weighted by atomic mass is 32.1. The molecule has 1 heteroatoms. The van der Waals surface area contributed by atoms with Crippen molar-refractivity contribution in [3.05, 3.63) is 11.6 Å². The van der Waals surface area contributed by atoms with Crippen LogP contribution in [0.25, 0.3) is 0 Å². The summed E-state index contributed by atoms with van der Waals surface area (Å²) in [6, 6.07) is 0. The van der Waals surface area contributed by atoms with Gasteiger partial charge in [0.25, 0.3) is 0 Å². The highest BCUT2D eigenvalue weighted by Crippen LogP contribution is 2.67. The molecule has 3 fully saturated rings. The fraction of sp³-hybridized carbons (Fsp3) is 0.926. The minimum atomic E-state index is 0.504. The predicted octanol–water partition coefficient (Wildman–Crippen LogP) is 8.33. The molecule has 0 N–H and O–H groups in total. The summed E-state index contributed by atoms with van der Waals surface area (Å²) in [7, 11) is 0. The number of rotatable bonds is 5. The molecule has 28 heavy (non-hydrogen) atoms. The molecule has 0 amide bonds. The lowest BCUT2D eigenvalue weighted by molar-refractivity contribution is -0.0590. The first-order valence-electron chi connectivity index (χ1n) is 12.6. The van der Waals surface area contributed by atoms with E-state index in [0.717, 1.165) is 35.5 Å². The Morgan fingerprint density at radius 1 is 0.964 bits per heavy atom. The van der Waals surface area contributed by atoms with E-state index in [4.69, 9.17) is 12.6 Å². The van der Waals surface area contributed by atoms with E-state index in [1.165, 1.54) is 70.6 Å². The van der Waals surface area contributed by atoms with E-state index in [0.29, 0.717) is 16.1 Å². The summed E-state index contributed by atoms with van der Waals surface area (Å²) in [5.74, 6) is 5.76. The van der Waals surface area contributed by atoms with Crippen LogP contribution >= 0.6 is 12.6 Å². The van der Waals surface area contributed by atoms with E-state index in [1.807, 2.05) is 0 Å². The average Bonchev–Trinajstić information content (AvgIpc) is 2.99. The van der Waals surface area contributed by atoms with Crippen LogP contribution in [0.3, 0.4) is 0 Å². The highest BCUT2D eigenvalue weighted by molar-refractivity contribution is 7.81. The average molecular weight is 403 g/mol. The molecule has 0 nitrogen and oxygen atoms in total. The first-order valence-corrected chi connectivity index (χ1v) is 13.2. The van der Waals surface area contributed by atoms with Crippen molar-refractivity contribution in [3.8, 4) is 0 Å². The van der Waals surface area contributed by atoms with Crippen molar-refractivity contribution >= 4 is 12.6 Å². The van der Waals surface area contributed by atoms with Gasteiger partial charge in [0, 0.05) is 5.25 Å². The fourth-order valence-electron chi connectivity index (χ4n) is 8.73. The Kier molecular flexibility index (Phi) is 6.07. The SMILES string of the molecule is CC(C)CCC[C@H](C)[C@H]1CC[C@@H]2[C@@H]3CCC4=C[C@@H](S)CC[C@]4(C)[C@@H]3CC[C@@]21C. The third kappa shape index (κ3) is 3.54. The number of hydrogen-bond donors (Lipinski definition) is 1. The van der Waals surface area contributed by atoms with Crippen LogP contribution in [0.5, 0.6) is 0 Å². The van der Waals surface area contributed by atoms with Gasteiger partial charge in [0.05, 0.1) is 0 Å². The van der Waals surface area contributed by atoms with Gasteiger partial charge in [-0.25, -0.2) is 0 Å². The van der Waals surface area contributed by atoms with Gasteiger partial charge < -0.3 is 0 Å². The van der Waals surface area contributed by atoms with Gasteiger partial charge in [-0.3, -0.25) is 0 Å². The van der Waals surface area contributed by atoms with Gasteiger partial charge in [0.2, 0.25) is 0 Å². The maximum absolute atomic E-state index is 4.81. The normalized spacial score (nSPS) is 46.5. The van der Waals surface area contributed by atoms with E-state index in [-0.39, 0.29) is 0 Å². The summed E-state index contributed by atoms with van der Waals surface area (Å²) in [6.45, 7) is 12.7. The molecule has 0 saturated heterocycles. The van der Waals surface area contributed by atoms with Crippen LogP contribution in [0.4, 0.5) is 0 Å². The molecular weight excluding hydrogens is 356 g/mol. The van der Waals surface area contributed by atoms with E-state index in [9.17, 15) is 0 Å². The van der Waals surface area contributed by atoms with Crippen molar-refractivity contribution < 1.29 is 0 Å². The van der Waals surface area contributed by atoms with Crippen LogP contribution in [0.2, 0.25) is 0 Å². The van der Waals surface area contributed by atoms with Crippen molar-refractivity contribution in [2.45, 2.75) is 110 Å². The molecule has 0 radical (unpaired) electrons. The van der Waals surface area contributed by atoms with Crippen molar-refractivity contribution in [2.24, 2.45) is 46.3 Å². The number of allylic oxidation sites excluding steroid dienone is 1. The predicted molar refractivity (Wildman–Crippen MR) is 126 cm³/mol. The molecule has 4 rings (SSSR count). The fourth-order valence-corrected chi connectivity index (χ4v) is 9.04. The summed E-state index contributed by atoms with van der Waals surface area (Å²) in [4.78, 5) is 0. The maximum Gasteiger partial charge on any atom is 0.0199 e. The van der Waals surface area contributed by atoms with Crippen LogP contribution < -0.4 is 0 Å². The number of hydrogen-bond acceptors (Lipinski definition) is 1. The quantitative estimate of drug-likeness (QED) is 0.347. The molecule has 0 bridgehead atoms. The Morgan fingerprint density at radius 2 is 1.75 bits per heavy atom. The molecule has 160 valence electrons. The molecule has 0 aromatic heterocycles. The Hall–Kier alpha value is 0.0900. The molecule has 4 aliphatic carbocycles. The monoisotopic (exact) mass is 402 g/mol. The molecule has 4 aliphatic rings. The molecule has 0 aliphatic heterocycles. The molecule has 0 aromatic rings. The maximum atomic E-state index is 4.81. The van der Waals surface area contributed by atoms with Crippen LogP contribution in [-0.4, -0.2) is 5.25 Å². The molecule has 0 unspecified atom stereocenters. The lowest BCUT2D eigenvalue weighted by Crippen LogP contribution is -2.51. The van der Waals surface area contributed by atoms with E-state index < -0.39 is 0 Å². The second-order valence-electron chi connectivity index (χ2n) is 12.2. The van der Waals surface area contributed by atoms with Crippen molar-refractivity contribution in [1.82, 2.24) is 0 Å². The Balaban J connectivity index is 1.48. The lowest BCUT2D eigenvalue weighted by atomic mass is 9.46. The number of fused-ring (bicyclic) bond motifs is 5. The first kappa shape index (κ1) is 21.3. The van der Waals surface area contributed by atoms with Crippen LogP contribution in [0.1, 0.15) is 105 Å². The molecule has 0 aromatic carbocycles. The summed E-state index contributed by atoms with van der Waals surface area (Å²) in [6.07, 6.45) is 18.5. The van der Waals surface area contributed by atoms with E-state index in [1.54, 1.807) is 5.57 Å². The second-order valence-corrected chi connectivity index (χ2v) is 12.8. The zero-order valence-corrected chi connectivity index (χ0v) is 20.2. The van der Waals surface area contributed by atoms with Gasteiger partial charge in [0.15, 0.2) is 0 Å². The van der Waals surface area contributed by atoms with Crippen LogP contribution in [0.15, 0.2) is 11.6 Å². The lowest BCUT2D eigenvalue weighted by Gasteiger charge is -2.59. The van der Waals surface area contributed by atoms with Gasteiger partial charge in [-0.2, -0.15) is 12.6 Å². The summed E-state index contributed by atoms with van der Waals surface area (Å²) in [5, 5.41) is 0.524. The topological polar surface area (TPSA) is 0 Å². The van der Waals surface area contributed by atoms with Crippen molar-refractivity contribution in [1.29, 1.82) is 0 Å². The molecular formula is C27H46S. The standard InChI is InChI=1S/C27H46S/c1-18(2)7-6-8-19(3)23-11-12-24-22-10-9-20-17-21(28)13-15-26(20,4)25(22)14-16-27(23,24)5/h17-19,21-25,28H,6-16H2,1-5H3/t19-,21-,22-,23+,24+,25+,26-,27+/m0/s1. The minimum absolute atomic E-state index is 0.504. The molecule has 3 saturated carbocycles. The minimum Gasteiger partial charge on any atom is -0.172 e. The zero-order valence-electron chi connectivity index (χ0n) is 19.3. The summed E-state index contributed by atoms with van der Waals surface area (Å²) in [5.41, 5.74) is 2.93. The zero-order chi connectivity index (χ0) is 20.1. The molecule has 8 atom stereocenters. The third-order valence-electron chi connectivity index (χ3n) is 10.3. The van der Waals surface area contributed by atoms with Crippen LogP contribution in [-0.2, 0) is 0 Å². The highest BCUT2D eigenvalue weighted by Gasteiger charge is 2.59. The largest absolute Gasteiger partial charge is 0.172 e. The number of thiol groups is 1. The Morgan fingerprint density at radius 3 is 2.50 bits per heavy atom. The van der Waals surface area contributed by atoms with Crippen LogP contribution in [0, 0.1) is 46.3 Å². The second kappa shape index (κ2) is 7.97. The van der Waals surface area contributed by atoms with Gasteiger partial charge >= 0.3 is 0 Å². The molecule has 0 heterocycles. The third-order valence-corrected chi connectivity index (χ3v) is 10.7. The van der Waals surface area contributed by atoms with Gasteiger partial charge in [-0.05, 0) is 97.7 Å². The van der Waals surface area contributed by atoms with Gasteiger partial charge in [-0.15, -0.1) is 0 Å². The van der Waals surface area contributed by atoms with Crippen molar-refractivity contribution in [3.63, 3.8) is 0 Å². The van der Waals surface area contributed by atoms with Gasteiger partial charge in [-0.1, -0.05) is 65.5 Å². The van der Waals surface area contributed by atoms with Gasteiger partial charge in [0.1, 0.15) is 0 Å². The Labute approximate surface area is 181 Å². The summed E-state index contributed by atoms with van der Waals surface area (Å²) >= 11 is 4.81. The molecule has 0 spiro atoms. The van der Waals surface area contributed by atoms with Crippen molar-refractivity contribution in [2.75, 3.05) is 0 Å².